The summed E-state index contributed by atoms with van der Waals surface area (Å²) in [6, 6.07) is 14.2. The second-order valence-corrected chi connectivity index (χ2v) is 7.44. The number of rotatable bonds is 9. The topological polar surface area (TPSA) is 180 Å². The summed E-state index contributed by atoms with van der Waals surface area (Å²) in [5.74, 6) is -3.12. The lowest BCUT2D eigenvalue weighted by Gasteiger charge is -2.11. The van der Waals surface area contributed by atoms with Crippen molar-refractivity contribution in [2.75, 3.05) is 6.61 Å². The Hall–Kier alpha value is -4.57. The molecule has 13 heteroatoms. The number of ether oxygens (including phenoxy) is 1. The van der Waals surface area contributed by atoms with Crippen LogP contribution in [-0.2, 0) is 9.53 Å². The van der Waals surface area contributed by atoms with E-state index in [0.29, 0.717) is 5.69 Å². The lowest BCUT2D eigenvalue weighted by Crippen LogP contribution is -2.25. The zero-order valence-electron chi connectivity index (χ0n) is 16.8. The van der Waals surface area contributed by atoms with E-state index in [1.807, 2.05) is 6.07 Å². The van der Waals surface area contributed by atoms with E-state index in [4.69, 9.17) is 15.7 Å². The van der Waals surface area contributed by atoms with Gasteiger partial charge in [-0.05, 0) is 40.4 Å². The minimum absolute atomic E-state index is 0.176. The first-order valence-corrected chi connectivity index (χ1v) is 9.97. The summed E-state index contributed by atoms with van der Waals surface area (Å²) in [6.45, 7) is 2.59. The van der Waals surface area contributed by atoms with E-state index in [0.717, 1.165) is 17.8 Å². The van der Waals surface area contributed by atoms with E-state index in [1.54, 1.807) is 30.3 Å². The van der Waals surface area contributed by atoms with Crippen molar-refractivity contribution < 1.29 is 19.2 Å². The molecule has 12 nitrogen and oxygen atoms in total. The summed E-state index contributed by atoms with van der Waals surface area (Å²) < 4.78 is 6.43. The molecular weight excluding hydrogens is 450 g/mol. The van der Waals surface area contributed by atoms with Crippen molar-refractivity contribution in [3.63, 3.8) is 0 Å². The third-order valence-corrected chi connectivity index (χ3v) is 5.22. The molecule has 3 aromatic rings. The molecule has 0 radical (unpaired) electrons. The molecule has 0 amide bonds. The number of ketones is 1. The predicted octanol–water partition coefficient (Wildman–Crippen LogP) is 2.06. The number of aromatic nitrogens is 4. The van der Waals surface area contributed by atoms with Crippen molar-refractivity contribution in [1.29, 1.82) is 5.26 Å². The minimum atomic E-state index is -1.34. The summed E-state index contributed by atoms with van der Waals surface area (Å²) in [5.41, 5.74) is 5.35. The third-order valence-electron chi connectivity index (χ3n) is 4.20. The molecule has 0 spiro atoms. The molecule has 1 aromatic heterocycles. The predicted molar refractivity (Wildman–Crippen MR) is 114 cm³/mol. The van der Waals surface area contributed by atoms with Gasteiger partial charge in [0.15, 0.2) is 12.4 Å². The number of nitro benzene ring substituents is 1. The molecule has 3 rings (SSSR count). The number of nitrogens with two attached hydrogens (primary N) is 1. The highest BCUT2D eigenvalue weighted by molar-refractivity contribution is 7.99. The molecule has 0 aliphatic heterocycles. The monoisotopic (exact) mass is 465 g/mol. The Morgan fingerprint density at radius 2 is 2.03 bits per heavy atom. The third kappa shape index (κ3) is 5.38. The van der Waals surface area contributed by atoms with Crippen LogP contribution in [0.1, 0.15) is 10.4 Å². The number of tetrazole rings is 1. The van der Waals surface area contributed by atoms with Gasteiger partial charge in [-0.25, -0.2) is 4.79 Å². The number of nitrogens with zero attached hydrogens (tertiary/aromatic N) is 6. The normalized spacial score (nSPS) is 11.2. The Bertz CT molecular complexity index is 1270. The van der Waals surface area contributed by atoms with E-state index in [-0.39, 0.29) is 27.0 Å². The number of para-hydroxylation sites is 1. The number of carbonyl (C=O) groups excluding carboxylic acids is 2. The highest BCUT2D eigenvalue weighted by atomic mass is 32.2. The summed E-state index contributed by atoms with van der Waals surface area (Å²) in [5, 5.41) is 32.0. The zero-order valence-corrected chi connectivity index (χ0v) is 17.6. The summed E-state index contributed by atoms with van der Waals surface area (Å²) in [6.07, 6.45) is 0. The lowest BCUT2D eigenvalue weighted by molar-refractivity contribution is -0.384. The van der Waals surface area contributed by atoms with Gasteiger partial charge >= 0.3 is 5.97 Å². The molecule has 0 saturated heterocycles. The molecule has 1 heterocycles. The van der Waals surface area contributed by atoms with Crippen molar-refractivity contribution in [2.45, 2.75) is 10.1 Å². The average molecular weight is 465 g/mol. The maximum atomic E-state index is 12.7. The Morgan fingerprint density at radius 3 is 2.67 bits per heavy atom. The second kappa shape index (κ2) is 10.2. The Morgan fingerprint density at radius 1 is 1.30 bits per heavy atom. The highest BCUT2D eigenvalue weighted by Gasteiger charge is 2.24. The Labute approximate surface area is 190 Å². The van der Waals surface area contributed by atoms with E-state index >= 15 is 0 Å². The van der Waals surface area contributed by atoms with Crippen molar-refractivity contribution in [2.24, 2.45) is 11.7 Å². The zero-order chi connectivity index (χ0) is 24.0. The standard InChI is InChI=1S/C20H15N7O5S/c1-12(22)16(10-21)17(28)11-32-19(29)15-9-14(27(30)31)7-8-18(15)33-20-23-24-25-26(20)13-5-3-2-4-6-13/h2-9,16H,1,11,22H2/t16-/m1/s1. The number of hydrogen-bond acceptors (Lipinski definition) is 11. The first-order valence-electron chi connectivity index (χ1n) is 9.15. The summed E-state index contributed by atoms with van der Waals surface area (Å²) in [4.78, 5) is 35.6. The smallest absolute Gasteiger partial charge is 0.339 e. The maximum Gasteiger partial charge on any atom is 0.339 e. The molecule has 33 heavy (non-hydrogen) atoms. The molecule has 1 atom stereocenters. The van der Waals surface area contributed by atoms with Gasteiger partial charge < -0.3 is 10.5 Å². The van der Waals surface area contributed by atoms with Crippen LogP contribution in [0.3, 0.4) is 0 Å². The van der Waals surface area contributed by atoms with Gasteiger partial charge in [0.2, 0.25) is 5.16 Å². The number of nitriles is 1. The lowest BCUT2D eigenvalue weighted by atomic mass is 10.0. The number of nitro groups is 1. The molecule has 0 aliphatic rings. The first-order chi connectivity index (χ1) is 15.8. The molecular formula is C20H15N7O5S. The van der Waals surface area contributed by atoms with Gasteiger partial charge in [0.25, 0.3) is 5.69 Å². The fraction of sp³-hybridized carbons (Fsp3) is 0.100. The van der Waals surface area contributed by atoms with Crippen molar-refractivity contribution in [3.05, 3.63) is 76.5 Å². The molecule has 0 unspecified atom stereocenters. The van der Waals surface area contributed by atoms with Crippen LogP contribution >= 0.6 is 11.8 Å². The van der Waals surface area contributed by atoms with Crippen LogP contribution in [-0.4, -0.2) is 43.5 Å². The van der Waals surface area contributed by atoms with Crippen LogP contribution < -0.4 is 5.73 Å². The Balaban J connectivity index is 1.89. The van der Waals surface area contributed by atoms with Crippen LogP contribution in [0.25, 0.3) is 5.69 Å². The highest BCUT2D eigenvalue weighted by Crippen LogP contribution is 2.32. The first kappa shape index (κ1) is 23.1. The van der Waals surface area contributed by atoms with Crippen LogP contribution in [0.2, 0.25) is 0 Å². The Kier molecular flexibility index (Phi) is 7.11. The minimum Gasteiger partial charge on any atom is -0.454 e. The van der Waals surface area contributed by atoms with Crippen molar-refractivity contribution >= 4 is 29.2 Å². The quantitative estimate of drug-likeness (QED) is 0.277. The van der Waals surface area contributed by atoms with Crippen LogP contribution in [0.4, 0.5) is 5.69 Å². The summed E-state index contributed by atoms with van der Waals surface area (Å²) >= 11 is 0.973. The van der Waals surface area contributed by atoms with Gasteiger partial charge in [0.05, 0.1) is 22.2 Å². The molecule has 0 fully saturated rings. The number of non-ortho nitro benzene ring substituents is 1. The number of hydrogen-bond donors (Lipinski definition) is 1. The van der Waals surface area contributed by atoms with Gasteiger partial charge in [-0.15, -0.1) is 5.10 Å². The van der Waals surface area contributed by atoms with Gasteiger partial charge in [-0.3, -0.25) is 14.9 Å². The van der Waals surface area contributed by atoms with E-state index in [1.165, 1.54) is 16.8 Å². The number of carbonyl (C=O) groups is 2. The number of esters is 1. The molecule has 0 bridgehead atoms. The van der Waals surface area contributed by atoms with Gasteiger partial charge in [0.1, 0.15) is 5.92 Å². The second-order valence-electron chi connectivity index (χ2n) is 6.43. The van der Waals surface area contributed by atoms with E-state index in [9.17, 15) is 19.7 Å². The molecule has 166 valence electrons. The maximum absolute atomic E-state index is 12.7. The fourth-order valence-electron chi connectivity index (χ4n) is 2.61. The fourth-order valence-corrected chi connectivity index (χ4v) is 3.50. The van der Waals surface area contributed by atoms with Crippen molar-refractivity contribution in [3.8, 4) is 11.8 Å². The number of benzene rings is 2. The van der Waals surface area contributed by atoms with Crippen molar-refractivity contribution in [1.82, 2.24) is 20.2 Å². The van der Waals surface area contributed by atoms with E-state index < -0.39 is 29.2 Å². The SMILES string of the molecule is C=C(N)[C@@H](C#N)C(=O)COC(=O)c1cc([N+](=O)[O-])ccc1Sc1nnnn1-c1ccccc1. The van der Waals surface area contributed by atoms with Crippen LogP contribution in [0.5, 0.6) is 0 Å². The molecule has 2 N–H and O–H groups in total. The number of Topliss-reactive ketones (excluding diaryl/α,β-unsaturated/α-hetero) is 1. The van der Waals surface area contributed by atoms with Crippen LogP contribution in [0.15, 0.2) is 70.9 Å². The van der Waals surface area contributed by atoms with Gasteiger partial charge in [-0.2, -0.15) is 9.94 Å². The number of allylic oxidation sites excluding steroid dienone is 1. The van der Waals surface area contributed by atoms with Gasteiger partial charge in [-0.1, -0.05) is 24.8 Å². The van der Waals surface area contributed by atoms with Crippen LogP contribution in [0, 0.1) is 27.4 Å². The van der Waals surface area contributed by atoms with Gasteiger partial charge in [0, 0.05) is 22.7 Å². The molecule has 2 aromatic carbocycles. The van der Waals surface area contributed by atoms with E-state index in [2.05, 4.69) is 22.1 Å². The molecule has 0 saturated carbocycles. The average Bonchev–Trinajstić information content (AvgIpc) is 3.26. The molecule has 0 aliphatic carbocycles. The summed E-state index contributed by atoms with van der Waals surface area (Å²) in [7, 11) is 0. The largest absolute Gasteiger partial charge is 0.454 e.